The van der Waals surface area contributed by atoms with Crippen LogP contribution in [0.1, 0.15) is 457 Å². The van der Waals surface area contributed by atoms with Crippen molar-refractivity contribution in [2.24, 2.45) is 146 Å². The minimum atomic E-state index is 0.174. The van der Waals surface area contributed by atoms with Gasteiger partial charge in [0.2, 0.25) is 0 Å². The van der Waals surface area contributed by atoms with Gasteiger partial charge in [0.15, 0.2) is 0 Å². The van der Waals surface area contributed by atoms with Gasteiger partial charge in [0.1, 0.15) is 0 Å². The second-order valence-electron chi connectivity index (χ2n) is 51.4. The molecule has 0 amide bonds. The fourth-order valence-corrected chi connectivity index (χ4v) is 13.3. The van der Waals surface area contributed by atoms with E-state index in [4.69, 9.17) is 0 Å². The molecule has 0 unspecified atom stereocenters. The van der Waals surface area contributed by atoms with Crippen LogP contribution in [0, 0.1) is 146 Å². The highest BCUT2D eigenvalue weighted by molar-refractivity contribution is 5.12. The summed E-state index contributed by atoms with van der Waals surface area (Å²) < 4.78 is 0. The van der Waals surface area contributed by atoms with Crippen LogP contribution in [-0.4, -0.2) is 0 Å². The largest absolute Gasteiger partial charge is 0.0597 e. The van der Waals surface area contributed by atoms with Gasteiger partial charge in [0, 0.05) is 0 Å². The van der Waals surface area contributed by atoms with E-state index >= 15 is 0 Å². The Morgan fingerprint density at radius 2 is 0.108 bits per heavy atom. The third kappa shape index (κ3) is 20.9. The summed E-state index contributed by atoms with van der Waals surface area (Å²) >= 11 is 0. The summed E-state index contributed by atoms with van der Waals surface area (Å²) in [4.78, 5) is 0. The maximum Gasteiger partial charge on any atom is -0.0241 e. The Bertz CT molecular complexity index is 2050. The molecule has 0 aliphatic rings. The molecular formula is C93H198. The summed E-state index contributed by atoms with van der Waals surface area (Å²) in [5.74, 6) is 0. The van der Waals surface area contributed by atoms with Crippen LogP contribution in [0.15, 0.2) is 0 Å². The number of rotatable bonds is 10. The van der Waals surface area contributed by atoms with Gasteiger partial charge in [-0.1, -0.05) is 457 Å². The molecule has 0 atom stereocenters. The van der Waals surface area contributed by atoms with E-state index in [1.807, 2.05) is 0 Å². The van der Waals surface area contributed by atoms with Crippen molar-refractivity contribution >= 4 is 0 Å². The lowest BCUT2D eigenvalue weighted by Gasteiger charge is -2.67. The van der Waals surface area contributed by atoms with Crippen LogP contribution >= 0.6 is 0 Å². The van der Waals surface area contributed by atoms with Crippen molar-refractivity contribution in [3.63, 3.8) is 0 Å². The molecule has 0 aliphatic carbocycles. The first-order chi connectivity index (χ1) is 38.2. The lowest BCUT2D eigenvalue weighted by Crippen LogP contribution is -2.61. The Balaban J connectivity index is -0.000000251. The first-order valence-corrected chi connectivity index (χ1v) is 38.2. The Morgan fingerprint density at radius 3 is 0.161 bits per heavy atom. The van der Waals surface area contributed by atoms with Crippen molar-refractivity contribution in [3.05, 3.63) is 0 Å². The van der Waals surface area contributed by atoms with E-state index in [1.54, 1.807) is 0 Å². The fraction of sp³-hybridized carbons (Fsp3) is 1.00. The van der Waals surface area contributed by atoms with Gasteiger partial charge < -0.3 is 0 Å². The molecule has 0 heterocycles. The smallest absolute Gasteiger partial charge is 0.0241 e. The average Bonchev–Trinajstić information content (AvgIpc) is 3.22. The molecule has 0 saturated carbocycles. The standard InChI is InChI=1S/C23H48.C20H42.C17H36.C14H30.C11H24.C8H18/c1-17(2,3)19(7,8)21(11,12)23(15,16)22(13,14)20(9,10)18(4,5)6;1-15(2,3)17(7,8)19(11,12)20(13,14)18(9,10)16(4,5)6;1-13(2,3)15(7,8)17(11,12)16(9,10)14(4,5)6;1-11(2,3)13(7,8)14(9,10)12(4,5)6;1-9(2,3)11(7,8)10(4,5)6;1-7(2,3)8(4,5)6/h1-16H3;1-14H3;1-12H3;1-10H3;1-8H3;1-6H3. The van der Waals surface area contributed by atoms with Gasteiger partial charge in [-0.3, -0.25) is 0 Å². The quantitative estimate of drug-likeness (QED) is 0.205. The molecule has 0 bridgehead atoms. The van der Waals surface area contributed by atoms with E-state index in [1.165, 1.54) is 0 Å². The van der Waals surface area contributed by atoms with Crippen molar-refractivity contribution in [1.82, 2.24) is 0 Å². The van der Waals surface area contributed by atoms with Crippen LogP contribution in [-0.2, 0) is 0 Å². The Hall–Kier alpha value is 0. The highest BCUT2D eigenvalue weighted by atomic mass is 14.7. The molecule has 0 aromatic heterocycles. The molecule has 0 fully saturated rings. The molecule has 570 valence electrons. The number of hydrogen-bond acceptors (Lipinski definition) is 0. The molecular weight excluding hydrogens is 1120 g/mol. The number of hydrogen-bond donors (Lipinski definition) is 0. The minimum Gasteiger partial charge on any atom is -0.0597 e. The predicted octanol–water partition coefficient (Wildman–Crippen LogP) is 33.9. The lowest BCUT2D eigenvalue weighted by atomic mass is 9.37. The lowest BCUT2D eigenvalue weighted by molar-refractivity contribution is -0.190. The summed E-state index contributed by atoms with van der Waals surface area (Å²) in [6.07, 6.45) is 0. The van der Waals surface area contributed by atoms with Gasteiger partial charge in [-0.15, -0.1) is 0 Å². The van der Waals surface area contributed by atoms with Gasteiger partial charge >= 0.3 is 0 Å². The third-order valence-corrected chi connectivity index (χ3v) is 36.6. The van der Waals surface area contributed by atoms with Crippen LogP contribution < -0.4 is 0 Å². The summed E-state index contributed by atoms with van der Waals surface area (Å²) in [6.45, 7) is 158. The molecule has 0 aromatic rings. The minimum absolute atomic E-state index is 0.174. The summed E-state index contributed by atoms with van der Waals surface area (Å²) in [5.41, 5.74) is 7.71. The maximum atomic E-state index is 2.51. The first-order valence-electron chi connectivity index (χ1n) is 38.2. The normalized spacial score (nSPS) is 16.1. The van der Waals surface area contributed by atoms with E-state index in [9.17, 15) is 0 Å². The van der Waals surface area contributed by atoms with Crippen LogP contribution in [0.5, 0.6) is 0 Å². The van der Waals surface area contributed by atoms with Crippen molar-refractivity contribution in [3.8, 4) is 0 Å². The molecule has 0 rings (SSSR count). The fourth-order valence-electron chi connectivity index (χ4n) is 13.3. The van der Waals surface area contributed by atoms with Gasteiger partial charge in [0.05, 0.1) is 0 Å². The third-order valence-electron chi connectivity index (χ3n) is 36.6. The zero-order valence-electron chi connectivity index (χ0n) is 79.5. The van der Waals surface area contributed by atoms with Crippen LogP contribution in [0.2, 0.25) is 0 Å². The van der Waals surface area contributed by atoms with Crippen LogP contribution in [0.25, 0.3) is 0 Å². The first kappa shape index (κ1) is 104. The molecule has 0 spiro atoms. The molecule has 0 aromatic carbocycles. The van der Waals surface area contributed by atoms with Gasteiger partial charge in [-0.2, -0.15) is 0 Å². The van der Waals surface area contributed by atoms with Crippen LogP contribution in [0.3, 0.4) is 0 Å². The highest BCUT2D eigenvalue weighted by Crippen LogP contribution is 2.71. The molecule has 0 saturated heterocycles. The van der Waals surface area contributed by atoms with Gasteiger partial charge in [0.25, 0.3) is 0 Å². The summed E-state index contributed by atoms with van der Waals surface area (Å²) in [7, 11) is 0. The second kappa shape index (κ2) is 29.0. The summed E-state index contributed by atoms with van der Waals surface area (Å²) in [5, 5.41) is 0. The van der Waals surface area contributed by atoms with E-state index in [0.717, 1.165) is 0 Å². The Labute approximate surface area is 599 Å². The summed E-state index contributed by atoms with van der Waals surface area (Å²) in [6, 6.07) is 0. The predicted molar refractivity (Wildman–Crippen MR) is 440 cm³/mol. The molecule has 0 N–H and O–H groups in total. The van der Waals surface area contributed by atoms with Gasteiger partial charge in [-0.05, 0) is 146 Å². The average molecular weight is 1320 g/mol. The second-order valence-corrected chi connectivity index (χ2v) is 51.4. The van der Waals surface area contributed by atoms with Crippen molar-refractivity contribution < 1.29 is 0 Å². The SMILES string of the molecule is CC(C)(C)C(C)(C)C.CC(C)(C)C(C)(C)C(C)(C)C.CC(C)(C)C(C)(C)C(C)(C)C(C)(C)C.CC(C)(C)C(C)(C)C(C)(C)C(C)(C)C(C)(C)C.CC(C)(C)C(C)(C)C(C)(C)C(C)(C)C(C)(C)C(C)(C)C.CC(C)(C)C(C)(C)C(C)(C)C(C)(C)C(C)(C)C(C)(C)C(C)(C)C. The van der Waals surface area contributed by atoms with Crippen molar-refractivity contribution in [2.75, 3.05) is 0 Å². The van der Waals surface area contributed by atoms with Crippen molar-refractivity contribution in [2.45, 2.75) is 457 Å². The highest BCUT2D eigenvalue weighted by Gasteiger charge is 2.64. The Kier molecular flexibility index (Phi) is 32.5. The molecule has 0 heteroatoms. The monoisotopic (exact) mass is 1320 g/mol. The molecule has 0 radical (unpaired) electrons. The topological polar surface area (TPSA) is 0 Å². The van der Waals surface area contributed by atoms with Gasteiger partial charge in [-0.25, -0.2) is 0 Å². The van der Waals surface area contributed by atoms with E-state index in [2.05, 4.69) is 457 Å². The van der Waals surface area contributed by atoms with Crippen LogP contribution in [0.4, 0.5) is 0 Å². The van der Waals surface area contributed by atoms with E-state index < -0.39 is 0 Å². The molecule has 93 heavy (non-hydrogen) atoms. The molecule has 0 nitrogen and oxygen atoms in total. The Morgan fingerprint density at radius 1 is 0.0538 bits per heavy atom. The zero-order valence-corrected chi connectivity index (χ0v) is 79.5. The van der Waals surface area contributed by atoms with E-state index in [0.29, 0.717) is 59.6 Å². The van der Waals surface area contributed by atoms with Crippen molar-refractivity contribution in [1.29, 1.82) is 0 Å². The van der Waals surface area contributed by atoms with E-state index in [-0.39, 0.29) is 86.6 Å². The maximum absolute atomic E-state index is 2.51. The molecule has 0 aliphatic heterocycles. The zero-order chi connectivity index (χ0) is 79.5.